The minimum atomic E-state index is -1.06. The average molecular weight is 1040 g/mol. The van der Waals surface area contributed by atoms with E-state index in [4.69, 9.17) is 37.9 Å². The molecule has 0 bridgehead atoms. The van der Waals surface area contributed by atoms with Gasteiger partial charge in [-0.1, -0.05) is 258 Å². The second-order valence-electron chi connectivity index (χ2n) is 19.7. The fourth-order valence-electron chi connectivity index (χ4n) is 9.35. The molecule has 1 aliphatic rings. The van der Waals surface area contributed by atoms with Crippen LogP contribution in [-0.4, -0.2) is 62.2 Å². The molecule has 1 fully saturated rings. The number of ether oxygens (including phenoxy) is 8. The van der Waals surface area contributed by atoms with Crippen molar-refractivity contribution >= 4 is 0 Å². The molecule has 0 N–H and O–H groups in total. The van der Waals surface area contributed by atoms with Gasteiger partial charge in [-0.15, -0.1) is 5.92 Å². The van der Waals surface area contributed by atoms with E-state index >= 15 is 0 Å². The summed E-state index contributed by atoms with van der Waals surface area (Å²) in [4.78, 5) is 3.39. The Morgan fingerprint density at radius 3 is 1.38 bits per heavy atom. The van der Waals surface area contributed by atoms with Gasteiger partial charge in [0.1, 0.15) is 36.6 Å². The minimum Gasteiger partial charge on any atom is -0.374 e. The Morgan fingerprint density at radius 2 is 0.896 bits per heavy atom. The molecule has 11 heteroatoms. The summed E-state index contributed by atoms with van der Waals surface area (Å²) in [5.41, 5.74) is 16.2. The van der Waals surface area contributed by atoms with E-state index in [1.807, 2.05) is 182 Å². The number of nitrogens with zero attached hydrogens (tertiary/aromatic N) is 3. The first-order chi connectivity index (χ1) is 38.2. The predicted molar refractivity (Wildman–Crippen MR) is 303 cm³/mol. The molecule has 0 spiro atoms. The minimum absolute atomic E-state index is 0.136. The van der Waals surface area contributed by atoms with E-state index in [1.165, 1.54) is 51.4 Å². The molecule has 6 aromatic rings. The SMILES string of the molecule is CCCCCCCCCCCCC#C[C@@H](OCc1ccccc1)[C@@H](OCc1ccccc1)[C@H](CO[C@H]1O[C@H](COCc2ccccc2)[C@H](OCc2ccccc2)[C@H](OCc2ccccc2)[C@H]1OCc1ccccc1)N=[N+]=[N-]. The van der Waals surface area contributed by atoms with Gasteiger partial charge in [0.15, 0.2) is 6.29 Å². The van der Waals surface area contributed by atoms with Gasteiger partial charge in [-0.25, -0.2) is 0 Å². The van der Waals surface area contributed by atoms with Gasteiger partial charge in [0.25, 0.3) is 0 Å². The van der Waals surface area contributed by atoms with Gasteiger partial charge in [0.2, 0.25) is 0 Å². The average Bonchev–Trinajstić information content (AvgIpc) is 3.49. The first-order valence-electron chi connectivity index (χ1n) is 27.9. The fourth-order valence-corrected chi connectivity index (χ4v) is 9.35. The van der Waals surface area contributed by atoms with E-state index in [0.29, 0.717) is 13.0 Å². The van der Waals surface area contributed by atoms with Gasteiger partial charge in [0.05, 0.1) is 58.9 Å². The maximum absolute atomic E-state index is 10.4. The second-order valence-corrected chi connectivity index (χ2v) is 19.7. The molecule has 0 aromatic heterocycles. The summed E-state index contributed by atoms with van der Waals surface area (Å²) in [6, 6.07) is 59.0. The Bertz CT molecular complexity index is 2560. The Hall–Kier alpha value is -6.13. The zero-order valence-electron chi connectivity index (χ0n) is 45.0. The Morgan fingerprint density at radius 1 is 0.481 bits per heavy atom. The van der Waals surface area contributed by atoms with Gasteiger partial charge >= 0.3 is 0 Å². The molecule has 8 atom stereocenters. The van der Waals surface area contributed by atoms with Crippen LogP contribution in [0.1, 0.15) is 111 Å². The highest BCUT2D eigenvalue weighted by Crippen LogP contribution is 2.33. The molecule has 0 unspecified atom stereocenters. The monoisotopic (exact) mass is 1040 g/mol. The summed E-state index contributed by atoms with van der Waals surface area (Å²) in [6.07, 6.45) is 7.45. The zero-order chi connectivity index (χ0) is 53.2. The Balaban J connectivity index is 1.18. The predicted octanol–water partition coefficient (Wildman–Crippen LogP) is 14.9. The summed E-state index contributed by atoms with van der Waals surface area (Å²) in [7, 11) is 0. The van der Waals surface area contributed by atoms with Crippen LogP contribution in [0.2, 0.25) is 0 Å². The molecular formula is C66H79N3O8. The lowest BCUT2D eigenvalue weighted by molar-refractivity contribution is -0.329. The van der Waals surface area contributed by atoms with Crippen molar-refractivity contribution in [3.63, 3.8) is 0 Å². The maximum atomic E-state index is 10.4. The summed E-state index contributed by atoms with van der Waals surface area (Å²) in [6.45, 7) is 3.89. The van der Waals surface area contributed by atoms with Crippen molar-refractivity contribution in [2.45, 2.75) is 166 Å². The number of azide groups is 1. The summed E-state index contributed by atoms with van der Waals surface area (Å²) < 4.78 is 54.8. The van der Waals surface area contributed by atoms with Crippen molar-refractivity contribution in [2.75, 3.05) is 13.2 Å². The molecule has 0 saturated carbocycles. The molecule has 1 heterocycles. The van der Waals surface area contributed by atoms with E-state index in [0.717, 1.165) is 46.2 Å². The third-order valence-corrected chi connectivity index (χ3v) is 13.6. The van der Waals surface area contributed by atoms with Gasteiger partial charge in [-0.05, 0) is 45.3 Å². The smallest absolute Gasteiger partial charge is 0.186 e. The van der Waals surface area contributed by atoms with E-state index < -0.39 is 49.0 Å². The standard InChI is InChI=1S/C66H79N3O8/c1-2-3-4-5-6-7-8-9-10-11-12-31-44-60(71-46-54-34-21-14-22-35-54)62(72-47-55-36-23-15-24-37-55)59(68-69-67)51-76-66-65(75-50-58-42-29-18-30-43-58)64(74-49-57-40-27-17-28-41-57)63(73-48-56-38-25-16-26-39-56)61(77-66)52-70-45-53-32-19-13-20-33-53/h13-30,32-43,59-66H,2-12,45-52H2,1H3/t59-,60+,61+,62-,63-,64-,65+,66-/m0/s1. The molecule has 0 radical (unpaired) electrons. The quantitative estimate of drug-likeness (QED) is 0.0127. The lowest BCUT2D eigenvalue weighted by Crippen LogP contribution is -2.62. The van der Waals surface area contributed by atoms with E-state index in [-0.39, 0.29) is 46.2 Å². The summed E-state index contributed by atoms with van der Waals surface area (Å²) in [5.74, 6) is 6.90. The molecule has 406 valence electrons. The lowest BCUT2D eigenvalue weighted by atomic mass is 9.97. The zero-order valence-corrected chi connectivity index (χ0v) is 45.0. The Kier molecular flexibility index (Phi) is 26.9. The van der Waals surface area contributed by atoms with Crippen molar-refractivity contribution in [1.29, 1.82) is 0 Å². The van der Waals surface area contributed by atoms with E-state index in [2.05, 4.69) is 28.8 Å². The maximum Gasteiger partial charge on any atom is 0.186 e. The number of benzene rings is 6. The number of hydrogen-bond acceptors (Lipinski definition) is 9. The third-order valence-electron chi connectivity index (χ3n) is 13.6. The van der Waals surface area contributed by atoms with Crippen LogP contribution in [0.3, 0.4) is 0 Å². The molecule has 0 amide bonds. The van der Waals surface area contributed by atoms with Crippen molar-refractivity contribution in [3.05, 3.63) is 226 Å². The number of unbranched alkanes of at least 4 members (excludes halogenated alkanes) is 10. The fraction of sp³-hybridized carbons (Fsp3) is 0.424. The van der Waals surface area contributed by atoms with Crippen molar-refractivity contribution in [3.8, 4) is 11.8 Å². The first kappa shape index (κ1) is 58.6. The van der Waals surface area contributed by atoms with Gasteiger partial charge in [0, 0.05) is 11.3 Å². The van der Waals surface area contributed by atoms with Crippen LogP contribution in [0, 0.1) is 11.8 Å². The number of hydrogen-bond donors (Lipinski definition) is 0. The molecule has 77 heavy (non-hydrogen) atoms. The largest absolute Gasteiger partial charge is 0.374 e. The first-order valence-corrected chi connectivity index (χ1v) is 27.9. The molecule has 7 rings (SSSR count). The lowest BCUT2D eigenvalue weighted by Gasteiger charge is -2.46. The van der Waals surface area contributed by atoms with Crippen LogP contribution < -0.4 is 0 Å². The molecule has 11 nitrogen and oxygen atoms in total. The molecule has 1 saturated heterocycles. The highest BCUT2D eigenvalue weighted by atomic mass is 16.7. The number of rotatable bonds is 35. The summed E-state index contributed by atoms with van der Waals surface area (Å²) in [5, 5.41) is 4.41. The van der Waals surface area contributed by atoms with E-state index in [1.54, 1.807) is 0 Å². The molecular weight excluding hydrogens is 963 g/mol. The van der Waals surface area contributed by atoms with Crippen LogP contribution in [0.25, 0.3) is 10.4 Å². The molecule has 6 aromatic carbocycles. The Labute approximate surface area is 458 Å². The summed E-state index contributed by atoms with van der Waals surface area (Å²) >= 11 is 0. The van der Waals surface area contributed by atoms with Crippen molar-refractivity contribution in [2.24, 2.45) is 5.11 Å². The molecule has 1 aliphatic heterocycles. The van der Waals surface area contributed by atoms with Crippen molar-refractivity contribution < 1.29 is 37.9 Å². The van der Waals surface area contributed by atoms with Crippen LogP contribution in [0.4, 0.5) is 0 Å². The highest BCUT2D eigenvalue weighted by molar-refractivity contribution is 5.19. The molecule has 0 aliphatic carbocycles. The van der Waals surface area contributed by atoms with Gasteiger partial charge < -0.3 is 37.9 Å². The second kappa shape index (κ2) is 35.3. The normalized spacial score (nSPS) is 18.3. The van der Waals surface area contributed by atoms with Crippen LogP contribution in [0.5, 0.6) is 0 Å². The van der Waals surface area contributed by atoms with Crippen LogP contribution >= 0.6 is 0 Å². The van der Waals surface area contributed by atoms with Crippen LogP contribution in [-0.2, 0) is 77.5 Å². The third kappa shape index (κ3) is 21.3. The highest BCUT2D eigenvalue weighted by Gasteiger charge is 2.49. The van der Waals surface area contributed by atoms with Crippen molar-refractivity contribution in [1.82, 2.24) is 0 Å². The van der Waals surface area contributed by atoms with Gasteiger partial charge in [-0.2, -0.15) is 0 Å². The van der Waals surface area contributed by atoms with Gasteiger partial charge in [-0.3, -0.25) is 0 Å². The van der Waals surface area contributed by atoms with E-state index in [9.17, 15) is 5.53 Å². The van der Waals surface area contributed by atoms with Crippen LogP contribution in [0.15, 0.2) is 187 Å². The topological polar surface area (TPSA) is 123 Å².